The zero-order chi connectivity index (χ0) is 10.7. The van der Waals surface area contributed by atoms with Crippen LogP contribution in [0.3, 0.4) is 0 Å². The lowest BCUT2D eigenvalue weighted by Crippen LogP contribution is -2.41. The van der Waals surface area contributed by atoms with Crippen molar-refractivity contribution in [3.8, 4) is 0 Å². The van der Waals surface area contributed by atoms with Crippen LogP contribution in [0.15, 0.2) is 0 Å². The van der Waals surface area contributed by atoms with Gasteiger partial charge in [0, 0.05) is 24.4 Å². The number of halogens is 1. The number of hydrogen-bond acceptors (Lipinski definition) is 1. The first-order chi connectivity index (χ1) is 6.61. The van der Waals surface area contributed by atoms with Crippen molar-refractivity contribution in [2.75, 3.05) is 12.4 Å². The smallest absolute Gasteiger partial charge is 0.225 e. The molecule has 0 aromatic rings. The van der Waals surface area contributed by atoms with Crippen LogP contribution in [0.5, 0.6) is 0 Å². The lowest BCUT2D eigenvalue weighted by atomic mass is 10.0. The van der Waals surface area contributed by atoms with E-state index in [1.807, 2.05) is 11.8 Å². The van der Waals surface area contributed by atoms with Gasteiger partial charge in [0.15, 0.2) is 0 Å². The van der Waals surface area contributed by atoms with Crippen LogP contribution in [-0.4, -0.2) is 29.3 Å². The number of carbonyl (C=O) groups excluding carboxylic acids is 1. The molecule has 0 spiro atoms. The van der Waals surface area contributed by atoms with Crippen molar-refractivity contribution < 1.29 is 4.79 Å². The summed E-state index contributed by atoms with van der Waals surface area (Å²) in [5, 5.41) is 0. The molecular formula is C11H20ClNO. The first-order valence-corrected chi connectivity index (χ1v) is 6.01. The van der Waals surface area contributed by atoms with Gasteiger partial charge in [-0.15, -0.1) is 11.6 Å². The molecule has 2 nitrogen and oxygen atoms in total. The molecule has 0 bridgehead atoms. The molecule has 0 aromatic heterocycles. The Bertz CT molecular complexity index is 207. The minimum absolute atomic E-state index is 0.144. The van der Waals surface area contributed by atoms with Gasteiger partial charge in [-0.25, -0.2) is 0 Å². The molecule has 0 radical (unpaired) electrons. The average Bonchev–Trinajstić information content (AvgIpc) is 2.57. The molecule has 3 atom stereocenters. The van der Waals surface area contributed by atoms with E-state index in [1.54, 1.807) is 0 Å². The van der Waals surface area contributed by atoms with Crippen LogP contribution in [0.1, 0.15) is 33.6 Å². The molecule has 14 heavy (non-hydrogen) atoms. The molecule has 3 unspecified atom stereocenters. The van der Waals surface area contributed by atoms with Gasteiger partial charge < -0.3 is 4.90 Å². The Labute approximate surface area is 91.6 Å². The van der Waals surface area contributed by atoms with E-state index in [0.717, 1.165) is 19.4 Å². The molecule has 1 amide bonds. The van der Waals surface area contributed by atoms with Crippen LogP contribution >= 0.6 is 11.6 Å². The van der Waals surface area contributed by atoms with Gasteiger partial charge in [0.2, 0.25) is 5.91 Å². The monoisotopic (exact) mass is 217 g/mol. The van der Waals surface area contributed by atoms with E-state index in [9.17, 15) is 4.79 Å². The summed E-state index contributed by atoms with van der Waals surface area (Å²) < 4.78 is 0. The quantitative estimate of drug-likeness (QED) is 0.666. The molecule has 0 saturated carbocycles. The van der Waals surface area contributed by atoms with Gasteiger partial charge in [-0.05, 0) is 18.8 Å². The average molecular weight is 218 g/mol. The molecule has 1 aliphatic heterocycles. The lowest BCUT2D eigenvalue weighted by Gasteiger charge is -2.27. The zero-order valence-corrected chi connectivity index (χ0v) is 10.0. The fourth-order valence-electron chi connectivity index (χ4n) is 1.97. The Balaban J connectivity index is 2.64. The summed E-state index contributed by atoms with van der Waals surface area (Å²) in [6, 6.07) is 0.262. The first-order valence-electron chi connectivity index (χ1n) is 5.48. The second-order valence-corrected chi connectivity index (χ2v) is 4.64. The highest BCUT2D eigenvalue weighted by atomic mass is 35.5. The number of hydrogen-bond donors (Lipinski definition) is 0. The minimum Gasteiger partial charge on any atom is -0.338 e. The van der Waals surface area contributed by atoms with Crippen LogP contribution < -0.4 is 0 Å². The van der Waals surface area contributed by atoms with E-state index >= 15 is 0 Å². The predicted octanol–water partition coefficient (Wildman–Crippen LogP) is 2.51. The zero-order valence-electron chi connectivity index (χ0n) is 9.29. The van der Waals surface area contributed by atoms with Crippen LogP contribution in [0.2, 0.25) is 0 Å². The maximum absolute atomic E-state index is 12.0. The largest absolute Gasteiger partial charge is 0.338 e. The first kappa shape index (κ1) is 11.8. The van der Waals surface area contributed by atoms with Crippen molar-refractivity contribution in [3.05, 3.63) is 0 Å². The molecule has 1 fully saturated rings. The SMILES string of the molecule is CCC(C)C(=O)N1CCC(C)C1CCl. The molecule has 82 valence electrons. The van der Waals surface area contributed by atoms with Crippen LogP contribution in [0.25, 0.3) is 0 Å². The second-order valence-electron chi connectivity index (χ2n) is 4.33. The Kier molecular flexibility index (Phi) is 4.24. The molecule has 0 N–H and O–H groups in total. The summed E-state index contributed by atoms with van der Waals surface area (Å²) in [6.45, 7) is 7.12. The van der Waals surface area contributed by atoms with Crippen LogP contribution in [0.4, 0.5) is 0 Å². The summed E-state index contributed by atoms with van der Waals surface area (Å²) >= 11 is 5.90. The van der Waals surface area contributed by atoms with Gasteiger partial charge in [0.05, 0.1) is 0 Å². The van der Waals surface area contributed by atoms with Gasteiger partial charge in [0.25, 0.3) is 0 Å². The van der Waals surface area contributed by atoms with Gasteiger partial charge in [-0.3, -0.25) is 4.79 Å². The third-order valence-corrected chi connectivity index (χ3v) is 3.67. The predicted molar refractivity (Wildman–Crippen MR) is 59.5 cm³/mol. The molecule has 0 aromatic carbocycles. The Morgan fingerprint density at radius 3 is 2.79 bits per heavy atom. The highest BCUT2D eigenvalue weighted by Gasteiger charge is 2.34. The van der Waals surface area contributed by atoms with Crippen LogP contribution in [0, 0.1) is 11.8 Å². The Morgan fingerprint density at radius 1 is 1.64 bits per heavy atom. The minimum atomic E-state index is 0.144. The maximum Gasteiger partial charge on any atom is 0.225 e. The van der Waals surface area contributed by atoms with Crippen molar-refractivity contribution in [3.63, 3.8) is 0 Å². The standard InChI is InChI=1S/C11H20ClNO/c1-4-8(2)11(14)13-6-5-9(3)10(13)7-12/h8-10H,4-7H2,1-3H3. The summed E-state index contributed by atoms with van der Waals surface area (Å²) in [6.07, 6.45) is 2.01. The fourth-order valence-corrected chi connectivity index (χ4v) is 2.45. The number of carbonyl (C=O) groups is 1. The maximum atomic E-state index is 12.0. The Morgan fingerprint density at radius 2 is 2.29 bits per heavy atom. The van der Waals surface area contributed by atoms with E-state index in [4.69, 9.17) is 11.6 Å². The van der Waals surface area contributed by atoms with Gasteiger partial charge in [0.1, 0.15) is 0 Å². The van der Waals surface area contributed by atoms with Crippen molar-refractivity contribution in [1.29, 1.82) is 0 Å². The molecule has 1 heterocycles. The van der Waals surface area contributed by atoms with E-state index in [1.165, 1.54) is 0 Å². The van der Waals surface area contributed by atoms with E-state index in [-0.39, 0.29) is 17.9 Å². The summed E-state index contributed by atoms with van der Waals surface area (Å²) in [5.74, 6) is 1.55. The number of amides is 1. The van der Waals surface area contributed by atoms with Gasteiger partial charge >= 0.3 is 0 Å². The molecular weight excluding hydrogens is 198 g/mol. The number of likely N-dealkylation sites (tertiary alicyclic amines) is 1. The second kappa shape index (κ2) is 5.01. The van der Waals surface area contributed by atoms with E-state index < -0.39 is 0 Å². The number of rotatable bonds is 3. The Hall–Kier alpha value is -0.240. The van der Waals surface area contributed by atoms with E-state index in [0.29, 0.717) is 11.8 Å². The van der Waals surface area contributed by atoms with Gasteiger partial charge in [-0.2, -0.15) is 0 Å². The highest BCUT2D eigenvalue weighted by Crippen LogP contribution is 2.26. The third kappa shape index (κ3) is 2.22. The summed E-state index contributed by atoms with van der Waals surface area (Å²) in [7, 11) is 0. The topological polar surface area (TPSA) is 20.3 Å². The number of alkyl halides is 1. The molecule has 3 heteroatoms. The van der Waals surface area contributed by atoms with Gasteiger partial charge in [-0.1, -0.05) is 20.8 Å². The third-order valence-electron chi connectivity index (χ3n) is 3.36. The summed E-state index contributed by atoms with van der Waals surface area (Å²) in [5.41, 5.74) is 0. The molecule has 1 saturated heterocycles. The van der Waals surface area contributed by atoms with Crippen molar-refractivity contribution in [1.82, 2.24) is 4.90 Å². The molecule has 1 rings (SSSR count). The molecule has 1 aliphatic rings. The van der Waals surface area contributed by atoms with Crippen molar-refractivity contribution in [2.45, 2.75) is 39.7 Å². The van der Waals surface area contributed by atoms with Crippen LogP contribution in [-0.2, 0) is 4.79 Å². The lowest BCUT2D eigenvalue weighted by molar-refractivity contribution is -0.135. The fraction of sp³-hybridized carbons (Fsp3) is 0.909. The van der Waals surface area contributed by atoms with Crippen molar-refractivity contribution in [2.24, 2.45) is 11.8 Å². The number of nitrogens with zero attached hydrogens (tertiary/aromatic N) is 1. The normalized spacial score (nSPS) is 29.3. The highest BCUT2D eigenvalue weighted by molar-refractivity contribution is 6.18. The molecule has 0 aliphatic carbocycles. The van der Waals surface area contributed by atoms with Crippen molar-refractivity contribution >= 4 is 17.5 Å². The van der Waals surface area contributed by atoms with E-state index in [2.05, 4.69) is 13.8 Å². The summed E-state index contributed by atoms with van der Waals surface area (Å²) in [4.78, 5) is 13.9.